The van der Waals surface area contributed by atoms with Gasteiger partial charge < -0.3 is 0 Å². The molecule has 0 bridgehead atoms. The maximum atomic E-state index is 12.2. The molecular formula is C8H14F2. The van der Waals surface area contributed by atoms with Gasteiger partial charge in [0, 0.05) is 6.42 Å². The smallest absolute Gasteiger partial charge is 0.207 e. The van der Waals surface area contributed by atoms with Gasteiger partial charge in [-0.15, -0.1) is 0 Å². The fourth-order valence-electron chi connectivity index (χ4n) is 0.573. The molecule has 60 valence electrons. The van der Waals surface area contributed by atoms with Crippen LogP contribution in [-0.2, 0) is 0 Å². The van der Waals surface area contributed by atoms with E-state index in [-0.39, 0.29) is 6.42 Å². The molecule has 0 N–H and O–H groups in total. The molecule has 0 aromatic rings. The second-order valence-corrected chi connectivity index (χ2v) is 2.67. The minimum atomic E-state index is -2.53. The van der Waals surface area contributed by atoms with Crippen LogP contribution in [0.1, 0.15) is 33.1 Å². The highest BCUT2D eigenvalue weighted by Gasteiger charge is 2.19. The van der Waals surface area contributed by atoms with Crippen LogP contribution < -0.4 is 0 Å². The van der Waals surface area contributed by atoms with Crippen LogP contribution in [0.3, 0.4) is 0 Å². The van der Waals surface area contributed by atoms with E-state index in [1.165, 1.54) is 0 Å². The average Bonchev–Trinajstić information content (AvgIpc) is 1.81. The van der Waals surface area contributed by atoms with E-state index in [4.69, 9.17) is 0 Å². The molecule has 0 saturated carbocycles. The first-order valence-electron chi connectivity index (χ1n) is 3.50. The van der Waals surface area contributed by atoms with E-state index in [0.717, 1.165) is 18.9 Å². The first-order chi connectivity index (χ1) is 4.45. The van der Waals surface area contributed by atoms with Gasteiger partial charge in [-0.25, -0.2) is 8.78 Å². The Hall–Kier alpha value is -0.400. The zero-order valence-corrected chi connectivity index (χ0v) is 6.58. The molecule has 2 heteroatoms. The minimum Gasteiger partial charge on any atom is -0.207 e. The lowest BCUT2D eigenvalue weighted by molar-refractivity contribution is 0.0132. The van der Waals surface area contributed by atoms with Gasteiger partial charge in [0.15, 0.2) is 0 Å². The first-order valence-corrected chi connectivity index (χ1v) is 3.50. The highest BCUT2D eigenvalue weighted by Crippen LogP contribution is 2.21. The molecule has 0 saturated heterocycles. The SMILES string of the molecule is C=C(CC)CCC(C)(F)F. The molecule has 0 spiro atoms. The third kappa shape index (κ3) is 5.73. The fraction of sp³-hybridized carbons (Fsp3) is 0.750. The van der Waals surface area contributed by atoms with E-state index in [9.17, 15) is 8.78 Å². The summed E-state index contributed by atoms with van der Waals surface area (Å²) in [5.41, 5.74) is 0.904. The van der Waals surface area contributed by atoms with Crippen molar-refractivity contribution in [2.75, 3.05) is 0 Å². The van der Waals surface area contributed by atoms with E-state index >= 15 is 0 Å². The molecule has 0 aliphatic heterocycles. The van der Waals surface area contributed by atoms with Crippen molar-refractivity contribution in [2.24, 2.45) is 0 Å². The molecule has 0 amide bonds. The molecule has 0 rings (SSSR count). The van der Waals surface area contributed by atoms with Crippen LogP contribution in [0.2, 0.25) is 0 Å². The molecule has 0 unspecified atom stereocenters. The van der Waals surface area contributed by atoms with Gasteiger partial charge in [0.1, 0.15) is 0 Å². The molecule has 0 atom stereocenters. The highest BCUT2D eigenvalue weighted by molar-refractivity contribution is 4.93. The lowest BCUT2D eigenvalue weighted by atomic mass is 10.1. The summed E-state index contributed by atoms with van der Waals surface area (Å²) in [6, 6.07) is 0. The molecular weight excluding hydrogens is 134 g/mol. The van der Waals surface area contributed by atoms with Gasteiger partial charge in [0.05, 0.1) is 0 Å². The summed E-state index contributed by atoms with van der Waals surface area (Å²) in [4.78, 5) is 0. The van der Waals surface area contributed by atoms with Crippen molar-refractivity contribution < 1.29 is 8.78 Å². The summed E-state index contributed by atoms with van der Waals surface area (Å²) >= 11 is 0. The van der Waals surface area contributed by atoms with E-state index in [1.54, 1.807) is 0 Å². The largest absolute Gasteiger partial charge is 0.245 e. The van der Waals surface area contributed by atoms with Gasteiger partial charge in [-0.2, -0.15) is 0 Å². The Bertz CT molecular complexity index is 111. The quantitative estimate of drug-likeness (QED) is 0.536. The third-order valence-electron chi connectivity index (χ3n) is 1.42. The summed E-state index contributed by atoms with van der Waals surface area (Å²) in [6.07, 6.45) is 1.18. The summed E-state index contributed by atoms with van der Waals surface area (Å²) in [5.74, 6) is -2.53. The normalized spacial score (nSPS) is 11.6. The van der Waals surface area contributed by atoms with Crippen molar-refractivity contribution >= 4 is 0 Å². The van der Waals surface area contributed by atoms with E-state index < -0.39 is 5.92 Å². The van der Waals surface area contributed by atoms with Gasteiger partial charge in [-0.1, -0.05) is 19.1 Å². The molecule has 0 aromatic heterocycles. The van der Waals surface area contributed by atoms with Crippen LogP contribution in [0.5, 0.6) is 0 Å². The topological polar surface area (TPSA) is 0 Å². The highest BCUT2D eigenvalue weighted by atomic mass is 19.3. The molecule has 0 nitrogen and oxygen atoms in total. The summed E-state index contributed by atoms with van der Waals surface area (Å²) < 4.78 is 24.4. The summed E-state index contributed by atoms with van der Waals surface area (Å²) in [5, 5.41) is 0. The van der Waals surface area contributed by atoms with E-state index in [1.807, 2.05) is 6.92 Å². The van der Waals surface area contributed by atoms with Crippen LogP contribution in [0.4, 0.5) is 8.78 Å². The second kappa shape index (κ2) is 3.69. The van der Waals surface area contributed by atoms with Crippen molar-refractivity contribution in [2.45, 2.75) is 39.0 Å². The Balaban J connectivity index is 3.46. The van der Waals surface area contributed by atoms with Crippen molar-refractivity contribution in [1.82, 2.24) is 0 Å². The van der Waals surface area contributed by atoms with Gasteiger partial charge in [-0.05, 0) is 19.8 Å². The van der Waals surface area contributed by atoms with Gasteiger partial charge >= 0.3 is 0 Å². The number of alkyl halides is 2. The van der Waals surface area contributed by atoms with Crippen LogP contribution in [0.25, 0.3) is 0 Å². The van der Waals surface area contributed by atoms with Crippen molar-refractivity contribution in [3.63, 3.8) is 0 Å². The van der Waals surface area contributed by atoms with Crippen molar-refractivity contribution in [3.05, 3.63) is 12.2 Å². The first kappa shape index (κ1) is 9.60. The number of hydrogen-bond acceptors (Lipinski definition) is 0. The predicted octanol–water partition coefficient (Wildman–Crippen LogP) is 3.39. The monoisotopic (exact) mass is 148 g/mol. The number of halogens is 2. The molecule has 0 fully saturated rings. The minimum absolute atomic E-state index is 0.0698. The zero-order chi connectivity index (χ0) is 8.20. The van der Waals surface area contributed by atoms with Crippen LogP contribution in [0.15, 0.2) is 12.2 Å². The Morgan fingerprint density at radius 1 is 1.50 bits per heavy atom. The summed E-state index contributed by atoms with van der Waals surface area (Å²) in [7, 11) is 0. The average molecular weight is 148 g/mol. The van der Waals surface area contributed by atoms with Gasteiger partial charge in [-0.3, -0.25) is 0 Å². The maximum absolute atomic E-state index is 12.2. The number of rotatable bonds is 4. The van der Waals surface area contributed by atoms with Crippen molar-refractivity contribution in [1.29, 1.82) is 0 Å². The number of allylic oxidation sites excluding steroid dienone is 1. The summed E-state index contributed by atoms with van der Waals surface area (Å²) in [6.45, 7) is 6.51. The molecule has 0 aromatic carbocycles. The van der Waals surface area contributed by atoms with Gasteiger partial charge in [0.25, 0.3) is 0 Å². The van der Waals surface area contributed by atoms with E-state index in [0.29, 0.717) is 6.42 Å². The third-order valence-corrected chi connectivity index (χ3v) is 1.42. The van der Waals surface area contributed by atoms with Gasteiger partial charge in [0.2, 0.25) is 5.92 Å². The van der Waals surface area contributed by atoms with Crippen LogP contribution in [0, 0.1) is 0 Å². The van der Waals surface area contributed by atoms with Crippen LogP contribution >= 0.6 is 0 Å². The molecule has 0 aliphatic carbocycles. The fourth-order valence-corrected chi connectivity index (χ4v) is 0.573. The Morgan fingerprint density at radius 2 is 2.00 bits per heavy atom. The van der Waals surface area contributed by atoms with Crippen LogP contribution in [-0.4, -0.2) is 5.92 Å². The Morgan fingerprint density at radius 3 is 2.30 bits per heavy atom. The second-order valence-electron chi connectivity index (χ2n) is 2.67. The molecule has 0 heterocycles. The Labute approximate surface area is 60.9 Å². The standard InChI is InChI=1S/C8H14F2/c1-4-7(2)5-6-8(3,9)10/h2,4-6H2,1,3H3. The lowest BCUT2D eigenvalue weighted by Gasteiger charge is -2.09. The molecule has 0 radical (unpaired) electrons. The lowest BCUT2D eigenvalue weighted by Crippen LogP contribution is -2.08. The Kier molecular flexibility index (Phi) is 3.54. The van der Waals surface area contributed by atoms with E-state index in [2.05, 4.69) is 6.58 Å². The predicted molar refractivity (Wildman–Crippen MR) is 39.3 cm³/mol. The number of hydrogen-bond donors (Lipinski definition) is 0. The maximum Gasteiger partial charge on any atom is 0.245 e. The van der Waals surface area contributed by atoms with Crippen molar-refractivity contribution in [3.8, 4) is 0 Å². The zero-order valence-electron chi connectivity index (χ0n) is 6.58. The molecule has 10 heavy (non-hydrogen) atoms. The molecule has 0 aliphatic rings.